The van der Waals surface area contributed by atoms with Crippen molar-refractivity contribution < 1.29 is 22.6 Å². The van der Waals surface area contributed by atoms with Gasteiger partial charge in [-0.25, -0.2) is 18.9 Å². The molecular weight excluding hydrogens is 483 g/mol. The van der Waals surface area contributed by atoms with Crippen LogP contribution in [-0.4, -0.2) is 42.2 Å². The van der Waals surface area contributed by atoms with Crippen molar-refractivity contribution in [3.05, 3.63) is 39.7 Å². The Labute approximate surface area is 181 Å². The van der Waals surface area contributed by atoms with Crippen molar-refractivity contribution in [3.8, 4) is 0 Å². The number of oxime groups is 1. The quantitative estimate of drug-likeness (QED) is 0.243. The van der Waals surface area contributed by atoms with Crippen LogP contribution < -0.4 is 15.2 Å². The van der Waals surface area contributed by atoms with E-state index in [9.17, 15) is 18.0 Å². The molecule has 1 heterocycles. The Balaban J connectivity index is 1.60. The van der Waals surface area contributed by atoms with Crippen LogP contribution in [0.3, 0.4) is 0 Å². The van der Waals surface area contributed by atoms with E-state index in [1.54, 1.807) is 12.1 Å². The molecule has 1 aliphatic rings. The van der Waals surface area contributed by atoms with Crippen molar-refractivity contribution in [2.75, 3.05) is 11.9 Å². The van der Waals surface area contributed by atoms with E-state index in [-0.39, 0.29) is 35.6 Å². The van der Waals surface area contributed by atoms with E-state index >= 15 is 0 Å². The summed E-state index contributed by atoms with van der Waals surface area (Å²) < 4.78 is 43.0. The predicted octanol–water partition coefficient (Wildman–Crippen LogP) is 2.16. The monoisotopic (exact) mass is 504 g/mol. The lowest BCUT2D eigenvalue weighted by molar-refractivity contribution is 0.303. The number of nitrogens with two attached hydrogens (primary N) is 1. The molecule has 0 saturated heterocycles. The molecule has 0 atom stereocenters. The van der Waals surface area contributed by atoms with Gasteiger partial charge in [0, 0.05) is 19.0 Å². The third-order valence-corrected chi connectivity index (χ3v) is 6.18. The van der Waals surface area contributed by atoms with Gasteiger partial charge in [-0.15, -0.1) is 0 Å². The zero-order valence-corrected chi connectivity index (χ0v) is 18.3. The zero-order chi connectivity index (χ0) is 21.7. The van der Waals surface area contributed by atoms with Crippen molar-refractivity contribution in [1.29, 1.82) is 0 Å². The molecule has 1 aromatic carbocycles. The Morgan fingerprint density at radius 1 is 1.33 bits per heavy atom. The maximum absolute atomic E-state index is 13.4. The predicted molar refractivity (Wildman–Crippen MR) is 111 cm³/mol. The van der Waals surface area contributed by atoms with E-state index in [0.717, 1.165) is 25.7 Å². The summed E-state index contributed by atoms with van der Waals surface area (Å²) in [5, 5.41) is 28.7. The number of halogens is 2. The topological polar surface area (TPSA) is 156 Å². The van der Waals surface area contributed by atoms with Crippen molar-refractivity contribution in [2.24, 2.45) is 16.2 Å². The summed E-state index contributed by atoms with van der Waals surface area (Å²) >= 11 is 3.13. The van der Waals surface area contributed by atoms with Crippen molar-refractivity contribution in [3.63, 3.8) is 0 Å². The molecule has 0 unspecified atom stereocenters. The summed E-state index contributed by atoms with van der Waals surface area (Å²) in [6, 6.07) is 4.58. The lowest BCUT2D eigenvalue weighted by atomic mass is 9.86. The number of nitrogens with one attached hydrogen (secondary N) is 2. The van der Waals surface area contributed by atoms with Gasteiger partial charge in [0.15, 0.2) is 5.69 Å². The van der Waals surface area contributed by atoms with Gasteiger partial charge in [-0.05, 0) is 75.5 Å². The van der Waals surface area contributed by atoms with E-state index in [1.165, 1.54) is 6.07 Å². The fraction of sp³-hybridized carbons (Fsp3) is 0.471. The molecule has 1 aliphatic carbocycles. The highest BCUT2D eigenvalue weighted by atomic mass is 79.9. The van der Waals surface area contributed by atoms with E-state index < -0.39 is 10.2 Å². The van der Waals surface area contributed by atoms with Gasteiger partial charge >= 0.3 is 0 Å². The Morgan fingerprint density at radius 3 is 2.70 bits per heavy atom. The van der Waals surface area contributed by atoms with Gasteiger partial charge in [0.25, 0.3) is 10.2 Å². The highest BCUT2D eigenvalue weighted by molar-refractivity contribution is 9.10. The van der Waals surface area contributed by atoms with Crippen LogP contribution in [0.1, 0.15) is 36.9 Å². The van der Waals surface area contributed by atoms with Gasteiger partial charge in [0.05, 0.1) is 4.47 Å². The maximum atomic E-state index is 13.4. The molecule has 0 spiro atoms. The average Bonchev–Trinajstić information content (AvgIpc) is 3.15. The third-order valence-electron chi connectivity index (χ3n) is 5.00. The van der Waals surface area contributed by atoms with Crippen LogP contribution in [0.15, 0.2) is 32.5 Å². The minimum Gasteiger partial charge on any atom is -0.411 e. The molecule has 1 saturated carbocycles. The van der Waals surface area contributed by atoms with Gasteiger partial charge in [-0.3, -0.25) is 0 Å². The Bertz CT molecular complexity index is 1010. The number of rotatable bonds is 8. The molecule has 1 fully saturated rings. The van der Waals surface area contributed by atoms with Crippen LogP contribution in [0.5, 0.6) is 0 Å². The molecule has 2 aromatic rings. The summed E-state index contributed by atoms with van der Waals surface area (Å²) in [6.45, 7) is 0.316. The summed E-state index contributed by atoms with van der Waals surface area (Å²) in [4.78, 5) is 0. The smallest absolute Gasteiger partial charge is 0.274 e. The highest BCUT2D eigenvalue weighted by Gasteiger charge is 2.25. The van der Waals surface area contributed by atoms with E-state index in [1.807, 2.05) is 0 Å². The molecule has 13 heteroatoms. The normalized spacial score (nSPS) is 20.3. The summed E-state index contributed by atoms with van der Waals surface area (Å²) in [5.41, 5.74) is 1.21. The molecule has 1 aromatic heterocycles. The fourth-order valence-corrected chi connectivity index (χ4v) is 4.31. The molecule has 0 amide bonds. The van der Waals surface area contributed by atoms with Gasteiger partial charge in [-0.1, -0.05) is 11.2 Å². The number of hydrogen-bond donors (Lipinski definition) is 4. The number of hydrogen-bond acceptors (Lipinski definition) is 8. The van der Waals surface area contributed by atoms with Crippen molar-refractivity contribution in [2.45, 2.75) is 38.1 Å². The highest BCUT2D eigenvalue weighted by Crippen LogP contribution is 2.27. The lowest BCUT2D eigenvalue weighted by Crippen LogP contribution is -2.37. The maximum Gasteiger partial charge on any atom is 0.274 e. The number of benzene rings is 1. The molecule has 0 bridgehead atoms. The lowest BCUT2D eigenvalue weighted by Gasteiger charge is -2.29. The molecule has 30 heavy (non-hydrogen) atoms. The van der Waals surface area contributed by atoms with Crippen LogP contribution in [0.25, 0.3) is 0 Å². The largest absolute Gasteiger partial charge is 0.411 e. The zero-order valence-electron chi connectivity index (χ0n) is 15.9. The molecule has 0 radical (unpaired) electrons. The molecule has 10 nitrogen and oxygen atoms in total. The van der Waals surface area contributed by atoms with Gasteiger partial charge in [0.2, 0.25) is 5.82 Å². The van der Waals surface area contributed by atoms with E-state index in [2.05, 4.69) is 41.4 Å². The second-order valence-electron chi connectivity index (χ2n) is 7.19. The number of aromatic nitrogens is 2. The minimum atomic E-state index is -3.68. The Hall–Kier alpha value is -2.09. The van der Waals surface area contributed by atoms with Gasteiger partial charge < -0.3 is 10.5 Å². The molecule has 0 aliphatic heterocycles. The van der Waals surface area contributed by atoms with Gasteiger partial charge in [-0.2, -0.15) is 8.42 Å². The van der Waals surface area contributed by atoms with Crippen molar-refractivity contribution in [1.82, 2.24) is 15.0 Å². The minimum absolute atomic E-state index is 0.0845. The van der Waals surface area contributed by atoms with Crippen LogP contribution in [0, 0.1) is 11.7 Å². The standard InChI is InChI=1S/C17H22BrFN6O4S/c18-13-7-11(3-6-14(13)19)8-15(23-26)16-17(25-29-24-16)22-12-4-1-10(2-5-12)9-21-30(20,27)28/h3,6-7,10,12,21,26H,1-2,4-5,8-9H2,(H,22,25)(H2,20,27,28). The first-order chi connectivity index (χ1) is 14.2. The fourth-order valence-electron chi connectivity index (χ4n) is 3.42. The molecule has 3 rings (SSSR count). The Morgan fingerprint density at radius 2 is 2.07 bits per heavy atom. The van der Waals surface area contributed by atoms with E-state index in [0.29, 0.717) is 22.4 Å². The second kappa shape index (κ2) is 9.81. The first-order valence-electron chi connectivity index (χ1n) is 9.27. The first-order valence-corrected chi connectivity index (χ1v) is 11.6. The molecule has 5 N–H and O–H groups in total. The van der Waals surface area contributed by atoms with Crippen LogP contribution in [0.4, 0.5) is 10.2 Å². The Kier molecular flexibility index (Phi) is 7.39. The second-order valence-corrected chi connectivity index (χ2v) is 9.42. The molecule has 164 valence electrons. The first kappa shape index (κ1) is 22.6. The van der Waals surface area contributed by atoms with Crippen LogP contribution >= 0.6 is 15.9 Å². The average molecular weight is 505 g/mol. The number of anilines is 1. The van der Waals surface area contributed by atoms with E-state index in [4.69, 9.17) is 9.77 Å². The van der Waals surface area contributed by atoms with Crippen LogP contribution in [0.2, 0.25) is 0 Å². The summed E-state index contributed by atoms with van der Waals surface area (Å²) in [6.07, 6.45) is 3.40. The molecular formula is C17H22BrFN6O4S. The SMILES string of the molecule is NS(=O)(=O)NCC1CCC(Nc2nonc2C(Cc2ccc(F)c(Br)c2)=NO)CC1. The third kappa shape index (κ3) is 6.20. The summed E-state index contributed by atoms with van der Waals surface area (Å²) in [7, 11) is -3.68. The van der Waals surface area contributed by atoms with Gasteiger partial charge in [0.1, 0.15) is 11.5 Å². The number of nitrogens with zero attached hydrogens (tertiary/aromatic N) is 3. The summed E-state index contributed by atoms with van der Waals surface area (Å²) in [5.74, 6) is 0.180. The van der Waals surface area contributed by atoms with Crippen LogP contribution in [-0.2, 0) is 16.6 Å². The van der Waals surface area contributed by atoms with Crippen molar-refractivity contribution >= 4 is 37.7 Å².